The van der Waals surface area contributed by atoms with Gasteiger partial charge in [-0.25, -0.2) is 4.98 Å². The molecule has 6 nitrogen and oxygen atoms in total. The quantitative estimate of drug-likeness (QED) is 0.890. The standard InChI is InChI=1S/C16H20N4O2S/c1-19(15(21)9-13-3-2-8-23-13)11-16(22)4-7-20(12-16)14-10-17-5-6-18-14/h2-3,5-6,8,10,22H,4,7,9,11-12H2,1H3/t16-/m0/s1. The van der Waals surface area contributed by atoms with Crippen molar-refractivity contribution in [3.05, 3.63) is 41.0 Å². The number of carbonyl (C=O) groups is 1. The average Bonchev–Trinajstić information content (AvgIpc) is 3.18. The smallest absolute Gasteiger partial charge is 0.227 e. The maximum Gasteiger partial charge on any atom is 0.227 e. The van der Waals surface area contributed by atoms with Gasteiger partial charge in [0.1, 0.15) is 11.4 Å². The fourth-order valence-corrected chi connectivity index (χ4v) is 3.56. The van der Waals surface area contributed by atoms with E-state index >= 15 is 0 Å². The minimum Gasteiger partial charge on any atom is -0.386 e. The van der Waals surface area contributed by atoms with Crippen LogP contribution in [0.5, 0.6) is 0 Å². The van der Waals surface area contributed by atoms with Crippen molar-refractivity contribution in [1.82, 2.24) is 14.9 Å². The Bertz CT molecular complexity index is 649. The van der Waals surface area contributed by atoms with Crippen LogP contribution in [0.25, 0.3) is 0 Å². The second-order valence-corrected chi connectivity index (χ2v) is 7.00. The third-order valence-electron chi connectivity index (χ3n) is 4.07. The fourth-order valence-electron chi connectivity index (χ4n) is 2.86. The number of hydrogen-bond acceptors (Lipinski definition) is 6. The van der Waals surface area contributed by atoms with Gasteiger partial charge in [-0.2, -0.15) is 0 Å². The van der Waals surface area contributed by atoms with Gasteiger partial charge in [-0.3, -0.25) is 9.78 Å². The van der Waals surface area contributed by atoms with Crippen LogP contribution in [0.2, 0.25) is 0 Å². The average molecular weight is 332 g/mol. The molecule has 1 atom stereocenters. The highest BCUT2D eigenvalue weighted by Crippen LogP contribution is 2.26. The number of rotatable bonds is 5. The molecule has 1 amide bonds. The molecule has 2 aromatic heterocycles. The zero-order valence-electron chi connectivity index (χ0n) is 13.1. The summed E-state index contributed by atoms with van der Waals surface area (Å²) in [6.45, 7) is 1.50. The van der Waals surface area contributed by atoms with Crippen LogP contribution in [0, 0.1) is 0 Å². The van der Waals surface area contributed by atoms with Gasteiger partial charge in [0.25, 0.3) is 0 Å². The van der Waals surface area contributed by atoms with E-state index in [-0.39, 0.29) is 5.91 Å². The predicted octanol–water partition coefficient (Wildman–Crippen LogP) is 1.18. The first-order valence-electron chi connectivity index (χ1n) is 7.55. The normalized spacial score (nSPS) is 20.7. The number of anilines is 1. The molecule has 0 bridgehead atoms. The number of amides is 1. The third kappa shape index (κ3) is 3.86. The molecule has 7 heteroatoms. The highest BCUT2D eigenvalue weighted by atomic mass is 32.1. The number of hydrogen-bond donors (Lipinski definition) is 1. The third-order valence-corrected chi connectivity index (χ3v) is 4.94. The van der Waals surface area contributed by atoms with Crippen molar-refractivity contribution in [2.45, 2.75) is 18.4 Å². The van der Waals surface area contributed by atoms with Crippen LogP contribution in [-0.2, 0) is 11.2 Å². The van der Waals surface area contributed by atoms with Gasteiger partial charge in [0.05, 0.1) is 19.2 Å². The van der Waals surface area contributed by atoms with Crippen molar-refractivity contribution in [2.75, 3.05) is 31.6 Å². The van der Waals surface area contributed by atoms with Gasteiger partial charge in [-0.15, -0.1) is 11.3 Å². The van der Waals surface area contributed by atoms with Crippen LogP contribution in [-0.4, -0.2) is 58.2 Å². The molecule has 23 heavy (non-hydrogen) atoms. The maximum atomic E-state index is 12.3. The zero-order chi connectivity index (χ0) is 16.3. The molecule has 1 N–H and O–H groups in total. The largest absolute Gasteiger partial charge is 0.386 e. The molecule has 0 saturated carbocycles. The summed E-state index contributed by atoms with van der Waals surface area (Å²) in [6.07, 6.45) is 5.96. The van der Waals surface area contributed by atoms with Crippen molar-refractivity contribution in [3.63, 3.8) is 0 Å². The SMILES string of the molecule is CN(C[C@@]1(O)CCN(c2cnccn2)C1)C(=O)Cc1cccs1. The van der Waals surface area contributed by atoms with Crippen LogP contribution in [0.15, 0.2) is 36.1 Å². The van der Waals surface area contributed by atoms with Gasteiger partial charge in [0, 0.05) is 37.4 Å². The molecular weight excluding hydrogens is 312 g/mol. The van der Waals surface area contributed by atoms with Crippen molar-refractivity contribution in [3.8, 4) is 0 Å². The Hall–Kier alpha value is -1.99. The number of carbonyl (C=O) groups excluding carboxylic acids is 1. The lowest BCUT2D eigenvalue weighted by molar-refractivity contribution is -0.132. The first kappa shape index (κ1) is 15.9. The summed E-state index contributed by atoms with van der Waals surface area (Å²) < 4.78 is 0. The van der Waals surface area contributed by atoms with Crippen molar-refractivity contribution < 1.29 is 9.90 Å². The van der Waals surface area contributed by atoms with E-state index in [0.717, 1.165) is 10.7 Å². The molecule has 1 aliphatic heterocycles. The Morgan fingerprint density at radius 2 is 2.39 bits per heavy atom. The topological polar surface area (TPSA) is 69.6 Å². The van der Waals surface area contributed by atoms with E-state index in [4.69, 9.17) is 0 Å². The lowest BCUT2D eigenvalue weighted by Gasteiger charge is -2.29. The van der Waals surface area contributed by atoms with Gasteiger partial charge in [0.2, 0.25) is 5.91 Å². The Labute approximate surface area is 139 Å². The number of β-amino-alcohol motifs (C(OH)–C–C–N with tert-alkyl or cyclic N) is 1. The van der Waals surface area contributed by atoms with Gasteiger partial charge >= 0.3 is 0 Å². The number of aromatic nitrogens is 2. The minimum absolute atomic E-state index is 0.0267. The molecule has 2 aromatic rings. The summed E-state index contributed by atoms with van der Waals surface area (Å²) in [4.78, 5) is 25.3. The monoisotopic (exact) mass is 332 g/mol. The summed E-state index contributed by atoms with van der Waals surface area (Å²) in [6, 6.07) is 3.90. The Balaban J connectivity index is 1.58. The van der Waals surface area contributed by atoms with E-state index in [1.807, 2.05) is 22.4 Å². The Morgan fingerprint density at radius 1 is 1.52 bits per heavy atom. The molecule has 122 valence electrons. The number of aliphatic hydroxyl groups is 1. The highest BCUT2D eigenvalue weighted by Gasteiger charge is 2.38. The lowest BCUT2D eigenvalue weighted by Crippen LogP contribution is -2.46. The second-order valence-electron chi connectivity index (χ2n) is 5.97. The summed E-state index contributed by atoms with van der Waals surface area (Å²) in [7, 11) is 1.75. The number of thiophene rings is 1. The van der Waals surface area contributed by atoms with Crippen molar-refractivity contribution in [2.24, 2.45) is 0 Å². The van der Waals surface area contributed by atoms with Gasteiger partial charge in [-0.1, -0.05) is 6.07 Å². The van der Waals surface area contributed by atoms with Gasteiger partial charge < -0.3 is 14.9 Å². The van der Waals surface area contributed by atoms with Crippen LogP contribution in [0.4, 0.5) is 5.82 Å². The highest BCUT2D eigenvalue weighted by molar-refractivity contribution is 7.10. The van der Waals surface area contributed by atoms with Crippen molar-refractivity contribution >= 4 is 23.1 Å². The molecule has 0 aromatic carbocycles. The summed E-state index contributed by atoms with van der Waals surface area (Å²) in [5.74, 6) is 0.787. The van der Waals surface area contributed by atoms with E-state index in [0.29, 0.717) is 32.5 Å². The molecule has 0 unspecified atom stereocenters. The predicted molar refractivity (Wildman–Crippen MR) is 89.5 cm³/mol. The summed E-state index contributed by atoms with van der Waals surface area (Å²) >= 11 is 1.57. The maximum absolute atomic E-state index is 12.3. The van der Waals surface area contributed by atoms with E-state index in [2.05, 4.69) is 9.97 Å². The second kappa shape index (κ2) is 6.64. The molecule has 1 fully saturated rings. The number of nitrogens with zero attached hydrogens (tertiary/aromatic N) is 4. The summed E-state index contributed by atoms with van der Waals surface area (Å²) in [5.41, 5.74) is -0.905. The molecule has 1 saturated heterocycles. The van der Waals surface area contributed by atoms with E-state index in [1.54, 1.807) is 41.9 Å². The number of likely N-dealkylation sites (N-methyl/N-ethyl adjacent to an activating group) is 1. The molecule has 1 aliphatic rings. The molecule has 0 radical (unpaired) electrons. The van der Waals surface area contributed by atoms with Crippen LogP contribution in [0.3, 0.4) is 0 Å². The Morgan fingerprint density at radius 3 is 3.09 bits per heavy atom. The molecule has 0 aliphatic carbocycles. The first-order valence-corrected chi connectivity index (χ1v) is 8.43. The molecular formula is C16H20N4O2S. The van der Waals surface area contributed by atoms with E-state index in [1.165, 1.54) is 0 Å². The van der Waals surface area contributed by atoms with Crippen molar-refractivity contribution in [1.29, 1.82) is 0 Å². The van der Waals surface area contributed by atoms with Crippen LogP contribution >= 0.6 is 11.3 Å². The minimum atomic E-state index is -0.905. The van der Waals surface area contributed by atoms with Crippen LogP contribution in [0.1, 0.15) is 11.3 Å². The fraction of sp³-hybridized carbons (Fsp3) is 0.438. The zero-order valence-corrected chi connectivity index (χ0v) is 13.9. The lowest BCUT2D eigenvalue weighted by atomic mass is 10.0. The molecule has 3 heterocycles. The van der Waals surface area contributed by atoms with Gasteiger partial charge in [0.15, 0.2) is 0 Å². The van der Waals surface area contributed by atoms with Gasteiger partial charge in [-0.05, 0) is 17.9 Å². The molecule has 0 spiro atoms. The summed E-state index contributed by atoms with van der Waals surface area (Å²) in [5, 5.41) is 12.8. The van der Waals surface area contributed by atoms with E-state index < -0.39 is 5.60 Å². The molecule has 3 rings (SSSR count). The van der Waals surface area contributed by atoms with E-state index in [9.17, 15) is 9.90 Å². The first-order chi connectivity index (χ1) is 11.1. The Kier molecular flexibility index (Phi) is 4.58. The van der Waals surface area contributed by atoms with Crippen LogP contribution < -0.4 is 4.90 Å².